The molecule has 1 fully saturated rings. The van der Waals surface area contributed by atoms with Gasteiger partial charge in [-0.25, -0.2) is 0 Å². The molecular formula is C18H19NO3. The van der Waals surface area contributed by atoms with E-state index in [4.69, 9.17) is 9.47 Å². The Kier molecular flexibility index (Phi) is 4.39. The fourth-order valence-corrected chi connectivity index (χ4v) is 2.45. The highest BCUT2D eigenvalue weighted by atomic mass is 16.5. The van der Waals surface area contributed by atoms with Crippen molar-refractivity contribution < 1.29 is 14.3 Å². The molecule has 2 aromatic rings. The number of rotatable bonds is 4. The van der Waals surface area contributed by atoms with Gasteiger partial charge in [0.1, 0.15) is 11.9 Å². The maximum atomic E-state index is 12.2. The zero-order valence-corrected chi connectivity index (χ0v) is 12.5. The first-order valence-corrected chi connectivity index (χ1v) is 7.49. The zero-order chi connectivity index (χ0) is 15.4. The predicted molar refractivity (Wildman–Crippen MR) is 85.3 cm³/mol. The lowest BCUT2D eigenvalue weighted by Gasteiger charge is -2.15. The van der Waals surface area contributed by atoms with Gasteiger partial charge in [0.25, 0.3) is 5.91 Å². The summed E-state index contributed by atoms with van der Waals surface area (Å²) in [4.78, 5) is 12.2. The molecule has 0 bridgehead atoms. The molecule has 1 amide bonds. The highest BCUT2D eigenvalue weighted by Gasteiger charge is 2.24. The maximum absolute atomic E-state index is 12.2. The van der Waals surface area contributed by atoms with Crippen molar-refractivity contribution in [2.24, 2.45) is 0 Å². The third kappa shape index (κ3) is 3.28. The van der Waals surface area contributed by atoms with Gasteiger partial charge in [-0.15, -0.1) is 0 Å². The first-order chi connectivity index (χ1) is 10.7. The van der Waals surface area contributed by atoms with Crippen LogP contribution < -0.4 is 10.1 Å². The first-order valence-electron chi connectivity index (χ1n) is 7.49. The van der Waals surface area contributed by atoms with Gasteiger partial charge in [0.2, 0.25) is 0 Å². The van der Waals surface area contributed by atoms with Crippen LogP contribution in [0, 0.1) is 6.92 Å². The van der Waals surface area contributed by atoms with Crippen molar-refractivity contribution in [2.45, 2.75) is 25.9 Å². The van der Waals surface area contributed by atoms with Crippen LogP contribution in [0.3, 0.4) is 0 Å². The Morgan fingerprint density at radius 2 is 1.86 bits per heavy atom. The quantitative estimate of drug-likeness (QED) is 0.931. The summed E-state index contributed by atoms with van der Waals surface area (Å²) in [5.74, 6) is 1.29. The summed E-state index contributed by atoms with van der Waals surface area (Å²) in [5, 5.41) is 2.90. The lowest BCUT2D eigenvalue weighted by Crippen LogP contribution is -2.27. The van der Waals surface area contributed by atoms with Crippen LogP contribution in [-0.2, 0) is 9.53 Å². The molecule has 3 rings (SSSR count). The van der Waals surface area contributed by atoms with Crippen LogP contribution in [0.25, 0.3) is 0 Å². The molecule has 0 spiro atoms. The maximum Gasteiger partial charge on any atom is 0.253 e. The van der Waals surface area contributed by atoms with Crippen LogP contribution in [0.1, 0.15) is 18.4 Å². The second-order valence-electron chi connectivity index (χ2n) is 5.35. The summed E-state index contributed by atoms with van der Waals surface area (Å²) in [6, 6.07) is 15.2. The normalized spacial score (nSPS) is 17.2. The monoisotopic (exact) mass is 297 g/mol. The van der Waals surface area contributed by atoms with Gasteiger partial charge >= 0.3 is 0 Å². The van der Waals surface area contributed by atoms with Gasteiger partial charge in [-0.2, -0.15) is 0 Å². The lowest BCUT2D eigenvalue weighted by atomic mass is 10.2. The van der Waals surface area contributed by atoms with Gasteiger partial charge in [-0.3, -0.25) is 4.79 Å². The third-order valence-electron chi connectivity index (χ3n) is 3.68. The van der Waals surface area contributed by atoms with E-state index < -0.39 is 0 Å². The summed E-state index contributed by atoms with van der Waals surface area (Å²) >= 11 is 0. The molecule has 0 radical (unpaired) electrons. The molecule has 22 heavy (non-hydrogen) atoms. The van der Waals surface area contributed by atoms with E-state index in [-0.39, 0.29) is 12.0 Å². The van der Waals surface area contributed by atoms with Crippen molar-refractivity contribution >= 4 is 11.6 Å². The Morgan fingerprint density at radius 1 is 1.14 bits per heavy atom. The van der Waals surface area contributed by atoms with Gasteiger partial charge in [0.05, 0.1) is 5.69 Å². The Hall–Kier alpha value is -2.33. The van der Waals surface area contributed by atoms with Gasteiger partial charge in [0.15, 0.2) is 5.75 Å². The van der Waals surface area contributed by atoms with E-state index in [0.29, 0.717) is 18.0 Å². The molecule has 4 heteroatoms. The fourth-order valence-electron chi connectivity index (χ4n) is 2.45. The molecule has 0 aromatic heterocycles. The van der Waals surface area contributed by atoms with Gasteiger partial charge in [0, 0.05) is 6.61 Å². The Bertz CT molecular complexity index is 663. The minimum atomic E-state index is -0.355. The smallest absolute Gasteiger partial charge is 0.253 e. The summed E-state index contributed by atoms with van der Waals surface area (Å²) in [7, 11) is 0. The van der Waals surface area contributed by atoms with Crippen LogP contribution >= 0.6 is 0 Å². The van der Waals surface area contributed by atoms with Crippen molar-refractivity contribution in [3.63, 3.8) is 0 Å². The number of carbonyl (C=O) groups is 1. The van der Waals surface area contributed by atoms with Crippen LogP contribution in [0.4, 0.5) is 5.69 Å². The van der Waals surface area contributed by atoms with Crippen LogP contribution in [0.2, 0.25) is 0 Å². The molecule has 1 aliphatic heterocycles. The Morgan fingerprint density at radius 3 is 2.59 bits per heavy atom. The van der Waals surface area contributed by atoms with Crippen molar-refractivity contribution in [3.05, 3.63) is 54.1 Å². The van der Waals surface area contributed by atoms with E-state index in [1.807, 2.05) is 55.5 Å². The number of para-hydroxylation sites is 3. The summed E-state index contributed by atoms with van der Waals surface area (Å²) in [6.07, 6.45) is 1.35. The van der Waals surface area contributed by atoms with E-state index in [0.717, 1.165) is 24.2 Å². The van der Waals surface area contributed by atoms with E-state index in [2.05, 4.69) is 5.32 Å². The van der Waals surface area contributed by atoms with E-state index in [1.54, 1.807) is 0 Å². The highest BCUT2D eigenvalue weighted by Crippen LogP contribution is 2.31. The lowest BCUT2D eigenvalue weighted by molar-refractivity contribution is -0.124. The van der Waals surface area contributed by atoms with Gasteiger partial charge in [-0.1, -0.05) is 30.3 Å². The Balaban J connectivity index is 1.78. The topological polar surface area (TPSA) is 47.6 Å². The number of anilines is 1. The molecule has 114 valence electrons. The van der Waals surface area contributed by atoms with Crippen molar-refractivity contribution in [1.29, 1.82) is 0 Å². The fraction of sp³-hybridized carbons (Fsp3) is 0.278. The third-order valence-corrected chi connectivity index (χ3v) is 3.68. The molecular weight excluding hydrogens is 278 g/mol. The molecule has 0 aliphatic carbocycles. The molecule has 4 nitrogen and oxygen atoms in total. The van der Waals surface area contributed by atoms with Crippen molar-refractivity contribution in [1.82, 2.24) is 0 Å². The molecule has 1 atom stereocenters. The summed E-state index contributed by atoms with van der Waals surface area (Å²) in [5.41, 5.74) is 1.70. The molecule has 0 saturated carbocycles. The molecule has 1 N–H and O–H groups in total. The largest absolute Gasteiger partial charge is 0.455 e. The number of benzene rings is 2. The van der Waals surface area contributed by atoms with Crippen molar-refractivity contribution in [3.8, 4) is 11.5 Å². The average Bonchev–Trinajstić information content (AvgIpc) is 3.06. The summed E-state index contributed by atoms with van der Waals surface area (Å²) in [6.45, 7) is 2.64. The SMILES string of the molecule is Cc1ccccc1Oc1ccccc1NC(=O)C1CCCO1. The number of hydrogen-bond acceptors (Lipinski definition) is 3. The van der Waals surface area contributed by atoms with Crippen LogP contribution in [-0.4, -0.2) is 18.6 Å². The van der Waals surface area contributed by atoms with E-state index >= 15 is 0 Å². The average molecular weight is 297 g/mol. The molecule has 1 heterocycles. The second-order valence-corrected chi connectivity index (χ2v) is 5.35. The number of nitrogens with one attached hydrogen (secondary N) is 1. The van der Waals surface area contributed by atoms with E-state index in [9.17, 15) is 4.79 Å². The number of amides is 1. The summed E-state index contributed by atoms with van der Waals surface area (Å²) < 4.78 is 11.4. The van der Waals surface area contributed by atoms with Gasteiger partial charge in [-0.05, 0) is 43.5 Å². The molecule has 2 aromatic carbocycles. The molecule has 1 unspecified atom stereocenters. The first kappa shape index (κ1) is 14.6. The minimum Gasteiger partial charge on any atom is -0.455 e. The number of carbonyl (C=O) groups excluding carboxylic acids is 1. The molecule has 1 aliphatic rings. The number of ether oxygens (including phenoxy) is 2. The van der Waals surface area contributed by atoms with Crippen molar-refractivity contribution in [2.75, 3.05) is 11.9 Å². The molecule has 1 saturated heterocycles. The zero-order valence-electron chi connectivity index (χ0n) is 12.5. The highest BCUT2D eigenvalue weighted by molar-refractivity contribution is 5.95. The van der Waals surface area contributed by atoms with E-state index in [1.165, 1.54) is 0 Å². The van der Waals surface area contributed by atoms with Crippen LogP contribution in [0.5, 0.6) is 11.5 Å². The predicted octanol–water partition coefficient (Wildman–Crippen LogP) is 3.90. The number of aryl methyl sites for hydroxylation is 1. The Labute approximate surface area is 130 Å². The van der Waals surface area contributed by atoms with Crippen LogP contribution in [0.15, 0.2) is 48.5 Å². The van der Waals surface area contributed by atoms with Gasteiger partial charge < -0.3 is 14.8 Å². The second kappa shape index (κ2) is 6.62. The number of hydrogen-bond donors (Lipinski definition) is 1. The standard InChI is InChI=1S/C18H19NO3/c1-13-7-2-4-9-15(13)22-16-10-5-3-8-14(16)19-18(20)17-11-6-12-21-17/h2-5,7-10,17H,6,11-12H2,1H3,(H,19,20). The minimum absolute atomic E-state index is 0.113.